The van der Waals surface area contributed by atoms with Gasteiger partial charge in [-0.3, -0.25) is 30.5 Å². The third kappa shape index (κ3) is 4.14. The zero-order chi connectivity index (χ0) is 17.1. The van der Waals surface area contributed by atoms with Crippen LogP contribution in [0.5, 0.6) is 0 Å². The second kappa shape index (κ2) is 6.69. The van der Waals surface area contributed by atoms with E-state index >= 15 is 0 Å². The van der Waals surface area contributed by atoms with Gasteiger partial charge in [0, 0.05) is 12.1 Å². The first-order valence-corrected chi connectivity index (χ1v) is 6.96. The van der Waals surface area contributed by atoms with E-state index in [4.69, 9.17) is 4.84 Å². The zero-order valence-corrected chi connectivity index (χ0v) is 13.4. The van der Waals surface area contributed by atoms with Crippen LogP contribution in [0.25, 0.3) is 0 Å². The highest BCUT2D eigenvalue weighted by Crippen LogP contribution is 2.39. The van der Waals surface area contributed by atoms with Crippen LogP contribution in [-0.2, 0) is 10.3 Å². The van der Waals surface area contributed by atoms with E-state index < -0.39 is 15.3 Å². The molecule has 0 aliphatic heterocycles. The van der Waals surface area contributed by atoms with Crippen molar-refractivity contribution < 1.29 is 14.7 Å². The number of nitrogens with one attached hydrogen (secondary N) is 1. The van der Waals surface area contributed by atoms with Crippen LogP contribution in [0, 0.1) is 20.2 Å². The highest BCUT2D eigenvalue weighted by Gasteiger charge is 2.30. The van der Waals surface area contributed by atoms with Crippen molar-refractivity contribution in [3.8, 4) is 0 Å². The minimum atomic E-state index is -0.648. The van der Waals surface area contributed by atoms with Gasteiger partial charge in [-0.1, -0.05) is 27.7 Å². The maximum Gasteiger partial charge on any atom is 0.302 e. The van der Waals surface area contributed by atoms with Gasteiger partial charge in [0.15, 0.2) is 0 Å². The highest BCUT2D eigenvalue weighted by atomic mass is 16.7. The maximum absolute atomic E-state index is 11.3. The van der Waals surface area contributed by atoms with Crippen LogP contribution < -0.4 is 5.48 Å². The Hall–Kier alpha value is -2.22. The Morgan fingerprint density at radius 2 is 1.64 bits per heavy atom. The molecule has 0 radical (unpaired) electrons. The molecule has 8 heteroatoms. The number of nitrogens with zero attached hydrogens (tertiary/aromatic N) is 2. The van der Waals surface area contributed by atoms with Crippen LogP contribution in [0.3, 0.4) is 0 Å². The topological polar surface area (TPSA) is 108 Å². The highest BCUT2D eigenvalue weighted by molar-refractivity contribution is 5.74. The predicted molar refractivity (Wildman–Crippen MR) is 82.9 cm³/mol. The van der Waals surface area contributed by atoms with E-state index in [1.165, 1.54) is 12.1 Å². The number of hydrogen-bond acceptors (Lipinski definition) is 6. The molecule has 0 spiro atoms. The molecule has 122 valence electrons. The van der Waals surface area contributed by atoms with Gasteiger partial charge in [0.2, 0.25) is 5.69 Å². The van der Waals surface area contributed by atoms with Gasteiger partial charge in [0.1, 0.15) is 0 Å². The van der Waals surface area contributed by atoms with E-state index in [0.29, 0.717) is 12.0 Å². The van der Waals surface area contributed by atoms with Crippen molar-refractivity contribution in [2.75, 3.05) is 5.48 Å². The molecule has 0 aromatic heterocycles. The molecule has 1 aromatic rings. The smallest absolute Gasteiger partial charge is 0.273 e. The van der Waals surface area contributed by atoms with Crippen LogP contribution in [0.4, 0.5) is 17.1 Å². The summed E-state index contributed by atoms with van der Waals surface area (Å²) in [5, 5.41) is 22.6. The zero-order valence-electron chi connectivity index (χ0n) is 13.4. The molecule has 0 aliphatic carbocycles. The summed E-state index contributed by atoms with van der Waals surface area (Å²) < 4.78 is 0. The molecule has 0 fully saturated rings. The molecule has 1 N–H and O–H groups in total. The lowest BCUT2D eigenvalue weighted by atomic mass is 9.86. The summed E-state index contributed by atoms with van der Waals surface area (Å²) in [5.74, 6) is 0. The number of benzene rings is 1. The quantitative estimate of drug-likeness (QED) is 0.629. The summed E-state index contributed by atoms with van der Waals surface area (Å²) in [6.45, 7) is 9.13. The minimum Gasteiger partial charge on any atom is -0.273 e. The van der Waals surface area contributed by atoms with E-state index in [-0.39, 0.29) is 23.2 Å². The van der Waals surface area contributed by atoms with Crippen LogP contribution >= 0.6 is 0 Å². The van der Waals surface area contributed by atoms with Gasteiger partial charge in [-0.25, -0.2) is 0 Å². The Balaban J connectivity index is 3.44. The monoisotopic (exact) mass is 311 g/mol. The molecule has 0 amide bonds. The average molecular weight is 311 g/mol. The summed E-state index contributed by atoms with van der Waals surface area (Å²) in [5.41, 5.74) is 1.47. The van der Waals surface area contributed by atoms with Crippen molar-refractivity contribution in [1.82, 2.24) is 0 Å². The summed E-state index contributed by atoms with van der Waals surface area (Å²) in [6.07, 6.45) is 0.427. The predicted octanol–water partition coefficient (Wildman–Crippen LogP) is 3.94. The van der Waals surface area contributed by atoms with Crippen LogP contribution in [0.15, 0.2) is 12.1 Å². The summed E-state index contributed by atoms with van der Waals surface area (Å²) >= 11 is 0. The SMILES string of the molecule is CCC(C)ONc1c([N+](=O)[O-])cc(C(C)(C)C)cc1[N+](=O)[O-]. The van der Waals surface area contributed by atoms with Crippen LogP contribution in [0.2, 0.25) is 0 Å². The third-order valence-corrected chi connectivity index (χ3v) is 3.29. The van der Waals surface area contributed by atoms with Gasteiger partial charge in [-0.05, 0) is 24.3 Å². The van der Waals surface area contributed by atoms with E-state index in [9.17, 15) is 20.2 Å². The molecule has 0 bridgehead atoms. The molecule has 1 atom stereocenters. The van der Waals surface area contributed by atoms with E-state index in [1.54, 1.807) is 6.92 Å². The van der Waals surface area contributed by atoms with Gasteiger partial charge in [0.05, 0.1) is 16.0 Å². The summed E-state index contributed by atoms with van der Waals surface area (Å²) in [6, 6.07) is 2.69. The fraction of sp³-hybridized carbons (Fsp3) is 0.571. The lowest BCUT2D eigenvalue weighted by molar-refractivity contribution is -0.392. The van der Waals surface area contributed by atoms with Gasteiger partial charge in [0.25, 0.3) is 0 Å². The molecule has 0 saturated carbocycles. The number of nitro benzene ring substituents is 2. The maximum atomic E-state index is 11.3. The second-order valence-corrected chi connectivity index (χ2v) is 6.09. The molecule has 1 unspecified atom stereocenters. The lowest BCUT2D eigenvalue weighted by Crippen LogP contribution is -2.16. The second-order valence-electron chi connectivity index (χ2n) is 6.09. The largest absolute Gasteiger partial charge is 0.302 e. The number of nitro groups is 2. The standard InChI is InChI=1S/C14H21N3O5/c1-6-9(2)22-15-13-11(16(18)19)7-10(14(3,4)5)8-12(13)17(20)21/h7-9,15H,6H2,1-5H3. The number of hydrogen-bond donors (Lipinski definition) is 1. The molecule has 1 rings (SSSR count). The summed E-state index contributed by atoms with van der Waals surface area (Å²) in [4.78, 5) is 26.5. The Morgan fingerprint density at radius 1 is 1.18 bits per heavy atom. The van der Waals surface area contributed by atoms with E-state index in [1.807, 2.05) is 27.7 Å². The van der Waals surface area contributed by atoms with E-state index in [0.717, 1.165) is 0 Å². The molecular weight excluding hydrogens is 290 g/mol. The normalized spacial score (nSPS) is 12.8. The first-order valence-electron chi connectivity index (χ1n) is 6.96. The fourth-order valence-electron chi connectivity index (χ4n) is 1.68. The number of rotatable bonds is 6. The average Bonchev–Trinajstić information content (AvgIpc) is 2.42. The minimum absolute atomic E-state index is 0.233. The third-order valence-electron chi connectivity index (χ3n) is 3.29. The van der Waals surface area contributed by atoms with Crippen molar-refractivity contribution in [3.05, 3.63) is 37.9 Å². The molecule has 8 nitrogen and oxygen atoms in total. The Bertz CT molecular complexity index is 545. The Labute approximate surface area is 128 Å². The van der Waals surface area contributed by atoms with Crippen molar-refractivity contribution in [2.45, 2.75) is 52.6 Å². The molecule has 22 heavy (non-hydrogen) atoms. The molecule has 0 saturated heterocycles. The van der Waals surface area contributed by atoms with Crippen molar-refractivity contribution >= 4 is 17.1 Å². The van der Waals surface area contributed by atoms with Crippen molar-refractivity contribution in [3.63, 3.8) is 0 Å². The first-order chi connectivity index (χ1) is 10.1. The molecule has 0 heterocycles. The molecular formula is C14H21N3O5. The van der Waals surface area contributed by atoms with Crippen molar-refractivity contribution in [1.29, 1.82) is 0 Å². The van der Waals surface area contributed by atoms with Crippen LogP contribution in [-0.4, -0.2) is 16.0 Å². The van der Waals surface area contributed by atoms with Gasteiger partial charge in [-0.2, -0.15) is 0 Å². The summed E-state index contributed by atoms with van der Waals surface area (Å²) in [7, 11) is 0. The molecule has 0 aliphatic rings. The Morgan fingerprint density at radius 3 is 1.95 bits per heavy atom. The van der Waals surface area contributed by atoms with Crippen molar-refractivity contribution in [2.24, 2.45) is 0 Å². The Kier molecular flexibility index (Phi) is 5.43. The van der Waals surface area contributed by atoms with Crippen LogP contribution in [0.1, 0.15) is 46.6 Å². The van der Waals surface area contributed by atoms with Gasteiger partial charge in [-0.15, -0.1) is 0 Å². The number of anilines is 1. The van der Waals surface area contributed by atoms with E-state index in [2.05, 4.69) is 5.48 Å². The fourth-order valence-corrected chi connectivity index (χ4v) is 1.68. The lowest BCUT2D eigenvalue weighted by Gasteiger charge is -2.20. The van der Waals surface area contributed by atoms with Gasteiger partial charge >= 0.3 is 11.4 Å². The molecule has 1 aromatic carbocycles. The van der Waals surface area contributed by atoms with Gasteiger partial charge < -0.3 is 0 Å². The first kappa shape index (κ1) is 17.8.